The normalized spacial score (nSPS) is 22.3. The maximum atomic E-state index is 12.8. The van der Waals surface area contributed by atoms with Gasteiger partial charge in [-0.05, 0) is 83.5 Å². The highest BCUT2D eigenvalue weighted by molar-refractivity contribution is 7.47. The average Bonchev–Trinajstić information content (AvgIpc) is 3.31. The summed E-state index contributed by atoms with van der Waals surface area (Å²) in [4.78, 5) is 35.8. The number of phosphoric acid groups is 1. The molecule has 0 aliphatic heterocycles. The van der Waals surface area contributed by atoms with Crippen molar-refractivity contribution in [2.75, 3.05) is 13.2 Å². The SMILES string of the molecule is CCCCC/C=C\C=C/[C@H](O)C/C=C\C/C=C/CCCC(=O)O[C@H](COC(=O)CCCCCCCC/C=C\C/C=C\C/C=C\CCCCCC)COP(=O)(O)OC1[C@H](O)[C@H](O)C(O)[C@H](O)[C@H]1O. The Bertz CT molecular complexity index is 1510. The molecule has 0 aromatic carbocycles. The summed E-state index contributed by atoms with van der Waals surface area (Å²) in [7, 11) is -5.16. The number of phosphoric ester groups is 1. The van der Waals surface area contributed by atoms with Crippen molar-refractivity contribution in [2.24, 2.45) is 0 Å². The molecule has 1 rings (SSSR count). The van der Waals surface area contributed by atoms with Crippen LogP contribution in [0.3, 0.4) is 0 Å². The Morgan fingerprint density at radius 3 is 1.61 bits per heavy atom. The highest BCUT2D eigenvalue weighted by Gasteiger charge is 2.51. The van der Waals surface area contributed by atoms with Crippen LogP contribution in [0.2, 0.25) is 0 Å². The third-order valence-electron chi connectivity index (χ3n) is 11.0. The van der Waals surface area contributed by atoms with E-state index in [1.165, 1.54) is 51.4 Å². The number of ether oxygens (including phenoxy) is 2. The van der Waals surface area contributed by atoms with E-state index in [-0.39, 0.29) is 12.8 Å². The summed E-state index contributed by atoms with van der Waals surface area (Å²) >= 11 is 0. The fourth-order valence-electron chi connectivity index (χ4n) is 6.95. The number of carbonyl (C=O) groups excluding carboxylic acids is 2. The summed E-state index contributed by atoms with van der Waals surface area (Å²) < 4.78 is 33.5. The Kier molecular flexibility index (Phi) is 37.8. The summed E-state index contributed by atoms with van der Waals surface area (Å²) in [5.74, 6) is -1.23. The highest BCUT2D eigenvalue weighted by atomic mass is 31.2. The molecule has 0 spiro atoms. The van der Waals surface area contributed by atoms with Crippen molar-refractivity contribution in [1.82, 2.24) is 0 Å². The van der Waals surface area contributed by atoms with Gasteiger partial charge in [0.25, 0.3) is 0 Å². The van der Waals surface area contributed by atoms with E-state index in [2.05, 4.69) is 56.4 Å². The Balaban J connectivity index is 2.50. The predicted molar refractivity (Wildman–Crippen MR) is 264 cm³/mol. The van der Waals surface area contributed by atoms with Gasteiger partial charge in [-0.1, -0.05) is 157 Å². The quantitative estimate of drug-likeness (QED) is 0.00998. The smallest absolute Gasteiger partial charge is 0.462 e. The molecule has 0 bridgehead atoms. The molecule has 0 radical (unpaired) electrons. The van der Waals surface area contributed by atoms with E-state index in [1.807, 2.05) is 36.5 Å². The Morgan fingerprint density at radius 1 is 0.537 bits per heavy atom. The number of aliphatic hydroxyl groups is 6. The van der Waals surface area contributed by atoms with Gasteiger partial charge in [0.1, 0.15) is 43.2 Å². The van der Waals surface area contributed by atoms with Crippen LogP contribution in [0.5, 0.6) is 0 Å². The van der Waals surface area contributed by atoms with E-state index in [0.29, 0.717) is 32.1 Å². The Hall–Kier alpha value is -3.01. The van der Waals surface area contributed by atoms with Crippen molar-refractivity contribution < 1.29 is 68.2 Å². The standard InChI is InChI=1S/C52H87O14P/c1-3-5-7-9-11-12-13-14-15-16-17-18-19-20-21-22-23-27-31-35-39-45(54)63-41-44(42-64-67(61,62)66-52-50(59)48(57)47(56)49(58)51(52)60)65-46(55)40-36-32-28-24-26-30-34-38-43(53)37-33-29-25-10-8-6-4-2/h12-13,15-16,18-19,24-25,28-30,33-34,37,43-44,47-53,56-60H,3-11,14,17,20-23,26-27,31-32,35-36,38-42H2,1-2H3,(H,61,62)/b13-12-,16-15-,19-18-,28-24+,29-25-,34-30-,37-33-/t43-,44+,47?,48-,49+,50+,51+,52?/m0/s1. The fourth-order valence-corrected chi connectivity index (χ4v) is 7.93. The van der Waals surface area contributed by atoms with Crippen molar-refractivity contribution in [3.63, 3.8) is 0 Å². The summed E-state index contributed by atoms with van der Waals surface area (Å²) in [6.45, 7) is 3.12. The number of rotatable bonds is 40. The molecule has 0 amide bonds. The molecule has 0 heterocycles. The van der Waals surface area contributed by atoms with Crippen LogP contribution in [0.1, 0.15) is 168 Å². The van der Waals surface area contributed by atoms with E-state index < -0.39 is 81.8 Å². The van der Waals surface area contributed by atoms with Gasteiger partial charge in [0.15, 0.2) is 6.10 Å². The number of allylic oxidation sites excluding steroid dienone is 12. The zero-order chi connectivity index (χ0) is 49.4. The second-order valence-electron chi connectivity index (χ2n) is 17.2. The minimum absolute atomic E-state index is 0.0207. The van der Waals surface area contributed by atoms with Crippen molar-refractivity contribution in [3.05, 3.63) is 85.1 Å². The first-order chi connectivity index (χ1) is 32.3. The minimum atomic E-state index is -5.16. The van der Waals surface area contributed by atoms with E-state index in [4.69, 9.17) is 18.5 Å². The summed E-state index contributed by atoms with van der Waals surface area (Å²) in [5, 5.41) is 60.3. The molecular weight excluding hydrogens is 880 g/mol. The van der Waals surface area contributed by atoms with E-state index in [9.17, 15) is 49.7 Å². The molecule has 67 heavy (non-hydrogen) atoms. The van der Waals surface area contributed by atoms with Gasteiger partial charge < -0.3 is 45.0 Å². The van der Waals surface area contributed by atoms with Gasteiger partial charge in [-0.3, -0.25) is 18.6 Å². The second kappa shape index (κ2) is 40.8. The number of unbranched alkanes of at least 4 members (excludes halogenated alkanes) is 14. The van der Waals surface area contributed by atoms with Gasteiger partial charge in [0.2, 0.25) is 0 Å². The van der Waals surface area contributed by atoms with Crippen LogP contribution in [0.15, 0.2) is 85.1 Å². The van der Waals surface area contributed by atoms with Gasteiger partial charge in [-0.2, -0.15) is 0 Å². The van der Waals surface area contributed by atoms with Gasteiger partial charge in [-0.25, -0.2) is 4.57 Å². The molecule has 0 aromatic rings. The van der Waals surface area contributed by atoms with E-state index in [1.54, 1.807) is 6.08 Å². The van der Waals surface area contributed by atoms with Gasteiger partial charge in [0, 0.05) is 12.8 Å². The molecule has 9 atom stereocenters. The van der Waals surface area contributed by atoms with Gasteiger partial charge in [-0.15, -0.1) is 0 Å². The van der Waals surface area contributed by atoms with Crippen LogP contribution in [-0.2, 0) is 32.7 Å². The molecule has 14 nitrogen and oxygen atoms in total. The van der Waals surface area contributed by atoms with Crippen LogP contribution in [0.4, 0.5) is 0 Å². The van der Waals surface area contributed by atoms with Crippen molar-refractivity contribution in [1.29, 1.82) is 0 Å². The summed E-state index contributed by atoms with van der Waals surface area (Å²) in [6, 6.07) is 0. The zero-order valence-electron chi connectivity index (χ0n) is 40.5. The lowest BCUT2D eigenvalue weighted by atomic mass is 9.85. The number of hydrogen-bond donors (Lipinski definition) is 7. The molecular formula is C52H87O14P. The number of hydrogen-bond acceptors (Lipinski definition) is 13. The van der Waals surface area contributed by atoms with Crippen LogP contribution < -0.4 is 0 Å². The maximum absolute atomic E-state index is 12.8. The zero-order valence-corrected chi connectivity index (χ0v) is 41.4. The van der Waals surface area contributed by atoms with Crippen LogP contribution in [0, 0.1) is 0 Å². The molecule has 0 aromatic heterocycles. The van der Waals surface area contributed by atoms with Crippen LogP contribution in [-0.4, -0.2) is 110 Å². The van der Waals surface area contributed by atoms with Gasteiger partial charge >= 0.3 is 19.8 Å². The van der Waals surface area contributed by atoms with Crippen molar-refractivity contribution in [2.45, 2.75) is 217 Å². The van der Waals surface area contributed by atoms with E-state index >= 15 is 0 Å². The Morgan fingerprint density at radius 2 is 1.00 bits per heavy atom. The minimum Gasteiger partial charge on any atom is -0.462 e. The number of carbonyl (C=O) groups is 2. The molecule has 7 N–H and O–H groups in total. The fraction of sp³-hybridized carbons (Fsp3) is 0.692. The highest BCUT2D eigenvalue weighted by Crippen LogP contribution is 2.47. The number of aliphatic hydroxyl groups excluding tert-OH is 6. The molecule has 0 saturated heterocycles. The lowest BCUT2D eigenvalue weighted by Crippen LogP contribution is -2.64. The van der Waals surface area contributed by atoms with Crippen LogP contribution in [0.25, 0.3) is 0 Å². The molecule has 1 aliphatic carbocycles. The molecule has 384 valence electrons. The molecule has 3 unspecified atom stereocenters. The first-order valence-electron chi connectivity index (χ1n) is 25.0. The van der Waals surface area contributed by atoms with Crippen molar-refractivity contribution in [3.8, 4) is 0 Å². The first kappa shape index (κ1) is 62.0. The first-order valence-corrected chi connectivity index (χ1v) is 26.5. The predicted octanol–water partition coefficient (Wildman–Crippen LogP) is 9.42. The summed E-state index contributed by atoms with van der Waals surface area (Å²) in [5.41, 5.74) is 0. The Labute approximate surface area is 401 Å². The topological polar surface area (TPSA) is 230 Å². The second-order valence-corrected chi connectivity index (χ2v) is 18.6. The van der Waals surface area contributed by atoms with Crippen LogP contribution >= 0.6 is 7.82 Å². The molecule has 1 aliphatic rings. The average molecular weight is 967 g/mol. The lowest BCUT2D eigenvalue weighted by molar-refractivity contribution is -0.220. The maximum Gasteiger partial charge on any atom is 0.472 e. The largest absolute Gasteiger partial charge is 0.472 e. The van der Waals surface area contributed by atoms with Crippen molar-refractivity contribution >= 4 is 19.8 Å². The molecule has 1 saturated carbocycles. The third kappa shape index (κ3) is 33.2. The number of esters is 2. The monoisotopic (exact) mass is 967 g/mol. The molecule has 1 fully saturated rings. The third-order valence-corrected chi connectivity index (χ3v) is 12.0. The molecule has 15 heteroatoms. The lowest BCUT2D eigenvalue weighted by Gasteiger charge is -2.41. The van der Waals surface area contributed by atoms with Gasteiger partial charge in [0.05, 0.1) is 12.7 Å². The summed E-state index contributed by atoms with van der Waals surface area (Å²) in [6.07, 6.45) is 36.5. The van der Waals surface area contributed by atoms with E-state index in [0.717, 1.165) is 57.8 Å².